The zero-order chi connectivity index (χ0) is 9.86. The van der Waals surface area contributed by atoms with Crippen LogP contribution in [0.1, 0.15) is 17.8 Å². The Hall–Kier alpha value is 0.0700. The number of ether oxygens (including phenoxy) is 1. The summed E-state index contributed by atoms with van der Waals surface area (Å²) in [5.41, 5.74) is 0.288. The van der Waals surface area contributed by atoms with E-state index in [1.807, 2.05) is 11.6 Å². The Morgan fingerprint density at radius 1 is 1.64 bits per heavy atom. The second kappa shape index (κ2) is 4.73. The van der Waals surface area contributed by atoms with Gasteiger partial charge in [0.25, 0.3) is 0 Å². The molecule has 14 heavy (non-hydrogen) atoms. The molecule has 0 saturated carbocycles. The van der Waals surface area contributed by atoms with E-state index >= 15 is 0 Å². The Balaban J connectivity index is 2.04. The molecule has 1 saturated heterocycles. The van der Waals surface area contributed by atoms with Crippen LogP contribution >= 0.6 is 27.3 Å². The van der Waals surface area contributed by atoms with Gasteiger partial charge in [0, 0.05) is 35.3 Å². The van der Waals surface area contributed by atoms with E-state index in [9.17, 15) is 0 Å². The second-order valence-corrected chi connectivity index (χ2v) is 5.43. The van der Waals surface area contributed by atoms with Crippen molar-refractivity contribution >= 4 is 27.3 Å². The number of hydrogen-bond donors (Lipinski definition) is 0. The molecule has 0 N–H and O–H groups in total. The summed E-state index contributed by atoms with van der Waals surface area (Å²) in [6.45, 7) is 1.80. The Bertz CT molecular complexity index is 270. The fourth-order valence-electron chi connectivity index (χ4n) is 1.86. The Kier molecular flexibility index (Phi) is 3.57. The lowest BCUT2D eigenvalue weighted by atomic mass is 9.82. The van der Waals surface area contributed by atoms with E-state index < -0.39 is 0 Å². The number of halogens is 1. The van der Waals surface area contributed by atoms with E-state index in [0.717, 1.165) is 25.0 Å². The first-order chi connectivity index (χ1) is 6.85. The fourth-order valence-corrected chi connectivity index (χ4v) is 3.29. The summed E-state index contributed by atoms with van der Waals surface area (Å²) in [6, 6.07) is 0. The normalized spacial score (nSPS) is 27.8. The van der Waals surface area contributed by atoms with Gasteiger partial charge in [-0.15, -0.1) is 11.3 Å². The van der Waals surface area contributed by atoms with Gasteiger partial charge in [-0.25, -0.2) is 4.98 Å². The quantitative estimate of drug-likeness (QED) is 0.792. The molecular weight excluding hydrogens is 262 g/mol. The molecule has 2 heterocycles. The number of thiazole rings is 1. The van der Waals surface area contributed by atoms with Gasteiger partial charge in [0.2, 0.25) is 0 Å². The van der Waals surface area contributed by atoms with Gasteiger partial charge < -0.3 is 4.74 Å². The largest absolute Gasteiger partial charge is 0.381 e. The van der Waals surface area contributed by atoms with Crippen LogP contribution in [-0.4, -0.2) is 23.5 Å². The molecule has 2 rings (SSSR count). The number of hydrogen-bond acceptors (Lipinski definition) is 3. The third-order valence-corrected chi connectivity index (χ3v) is 4.67. The van der Waals surface area contributed by atoms with Crippen LogP contribution in [0.25, 0.3) is 0 Å². The SMILES string of the molecule is BrCC1(Cc2nccs2)CCCOC1. The number of nitrogens with zero attached hydrogens (tertiary/aromatic N) is 1. The van der Waals surface area contributed by atoms with Gasteiger partial charge in [0.05, 0.1) is 11.6 Å². The number of rotatable bonds is 3. The van der Waals surface area contributed by atoms with Gasteiger partial charge >= 0.3 is 0 Å². The molecule has 78 valence electrons. The maximum absolute atomic E-state index is 5.57. The molecule has 0 radical (unpaired) electrons. The molecular formula is C10H14BrNOS. The summed E-state index contributed by atoms with van der Waals surface area (Å²) in [5, 5.41) is 4.29. The number of alkyl halides is 1. The van der Waals surface area contributed by atoms with E-state index in [1.165, 1.54) is 17.8 Å². The molecule has 1 aromatic heterocycles. The third-order valence-electron chi connectivity index (χ3n) is 2.70. The van der Waals surface area contributed by atoms with Crippen molar-refractivity contribution in [3.63, 3.8) is 0 Å². The second-order valence-electron chi connectivity index (χ2n) is 3.89. The summed E-state index contributed by atoms with van der Waals surface area (Å²) in [6.07, 6.45) is 5.36. The molecule has 0 amide bonds. The van der Waals surface area contributed by atoms with Crippen molar-refractivity contribution in [1.82, 2.24) is 4.98 Å². The van der Waals surface area contributed by atoms with Gasteiger partial charge in [-0.1, -0.05) is 15.9 Å². The minimum absolute atomic E-state index is 0.288. The van der Waals surface area contributed by atoms with Crippen LogP contribution < -0.4 is 0 Å². The monoisotopic (exact) mass is 275 g/mol. The van der Waals surface area contributed by atoms with Gasteiger partial charge in [-0.2, -0.15) is 0 Å². The molecule has 0 aliphatic carbocycles. The van der Waals surface area contributed by atoms with Crippen LogP contribution in [0.15, 0.2) is 11.6 Å². The molecule has 1 fully saturated rings. The number of aromatic nitrogens is 1. The highest BCUT2D eigenvalue weighted by molar-refractivity contribution is 9.09. The summed E-state index contributed by atoms with van der Waals surface area (Å²) in [7, 11) is 0. The van der Waals surface area contributed by atoms with Crippen molar-refractivity contribution in [1.29, 1.82) is 0 Å². The minimum atomic E-state index is 0.288. The summed E-state index contributed by atoms with van der Waals surface area (Å²) in [4.78, 5) is 4.35. The Labute approximate surface area is 96.8 Å². The molecule has 1 atom stereocenters. The summed E-state index contributed by atoms with van der Waals surface area (Å²) >= 11 is 5.35. The van der Waals surface area contributed by atoms with Gasteiger partial charge in [0.15, 0.2) is 0 Å². The van der Waals surface area contributed by atoms with Crippen LogP contribution in [0, 0.1) is 5.41 Å². The Morgan fingerprint density at radius 2 is 2.57 bits per heavy atom. The highest BCUT2D eigenvalue weighted by Gasteiger charge is 2.32. The molecule has 1 aliphatic rings. The van der Waals surface area contributed by atoms with Crippen LogP contribution in [0.4, 0.5) is 0 Å². The van der Waals surface area contributed by atoms with Crippen molar-refractivity contribution in [3.8, 4) is 0 Å². The first kappa shape index (κ1) is 10.6. The smallest absolute Gasteiger partial charge is 0.0931 e. The average Bonchev–Trinajstić information content (AvgIpc) is 2.72. The summed E-state index contributed by atoms with van der Waals surface area (Å²) in [5.74, 6) is 0. The standard InChI is InChI=1S/C10H14BrNOS/c11-7-10(2-1-4-13-8-10)6-9-12-3-5-14-9/h3,5H,1-2,4,6-8H2. The highest BCUT2D eigenvalue weighted by Crippen LogP contribution is 2.34. The Morgan fingerprint density at radius 3 is 3.14 bits per heavy atom. The lowest BCUT2D eigenvalue weighted by Crippen LogP contribution is -2.35. The van der Waals surface area contributed by atoms with Crippen LogP contribution in [0.5, 0.6) is 0 Å². The van der Waals surface area contributed by atoms with E-state index in [2.05, 4.69) is 20.9 Å². The van der Waals surface area contributed by atoms with Crippen molar-refractivity contribution in [2.24, 2.45) is 5.41 Å². The highest BCUT2D eigenvalue weighted by atomic mass is 79.9. The van der Waals surface area contributed by atoms with Crippen molar-refractivity contribution in [3.05, 3.63) is 16.6 Å². The van der Waals surface area contributed by atoms with E-state index in [4.69, 9.17) is 4.74 Å². The first-order valence-corrected chi connectivity index (χ1v) is 6.87. The lowest BCUT2D eigenvalue weighted by Gasteiger charge is -2.34. The van der Waals surface area contributed by atoms with E-state index in [-0.39, 0.29) is 5.41 Å². The average molecular weight is 276 g/mol. The predicted octanol–water partition coefficient (Wildman–Crippen LogP) is 2.88. The fraction of sp³-hybridized carbons (Fsp3) is 0.700. The molecule has 0 bridgehead atoms. The minimum Gasteiger partial charge on any atom is -0.381 e. The molecule has 2 nitrogen and oxygen atoms in total. The predicted molar refractivity (Wildman–Crippen MR) is 62.1 cm³/mol. The summed E-state index contributed by atoms with van der Waals surface area (Å²) < 4.78 is 5.57. The van der Waals surface area contributed by atoms with Crippen LogP contribution in [0.2, 0.25) is 0 Å². The van der Waals surface area contributed by atoms with Crippen molar-refractivity contribution in [2.45, 2.75) is 19.3 Å². The molecule has 1 unspecified atom stereocenters. The van der Waals surface area contributed by atoms with Gasteiger partial charge in [-0.3, -0.25) is 0 Å². The van der Waals surface area contributed by atoms with E-state index in [1.54, 1.807) is 11.3 Å². The van der Waals surface area contributed by atoms with E-state index in [0.29, 0.717) is 0 Å². The molecule has 0 spiro atoms. The first-order valence-electron chi connectivity index (χ1n) is 4.87. The van der Waals surface area contributed by atoms with Gasteiger partial charge in [0.1, 0.15) is 0 Å². The zero-order valence-electron chi connectivity index (χ0n) is 8.04. The molecule has 0 aromatic carbocycles. The molecule has 4 heteroatoms. The van der Waals surface area contributed by atoms with Crippen LogP contribution in [0.3, 0.4) is 0 Å². The maximum atomic E-state index is 5.57. The topological polar surface area (TPSA) is 22.1 Å². The van der Waals surface area contributed by atoms with Gasteiger partial charge in [-0.05, 0) is 12.8 Å². The molecule has 1 aromatic rings. The zero-order valence-corrected chi connectivity index (χ0v) is 10.4. The lowest BCUT2D eigenvalue weighted by molar-refractivity contribution is 0.00613. The van der Waals surface area contributed by atoms with Crippen molar-refractivity contribution in [2.75, 3.05) is 18.5 Å². The maximum Gasteiger partial charge on any atom is 0.0931 e. The van der Waals surface area contributed by atoms with Crippen molar-refractivity contribution < 1.29 is 4.74 Å². The molecule has 1 aliphatic heterocycles. The third kappa shape index (κ3) is 2.35. The van der Waals surface area contributed by atoms with Crippen LogP contribution in [-0.2, 0) is 11.2 Å².